The van der Waals surface area contributed by atoms with Gasteiger partial charge in [0.2, 0.25) is 0 Å². The second kappa shape index (κ2) is 9.50. The summed E-state index contributed by atoms with van der Waals surface area (Å²) in [5.41, 5.74) is 3.84. The lowest BCUT2D eigenvalue weighted by molar-refractivity contribution is 0.0949. The van der Waals surface area contributed by atoms with Gasteiger partial charge in [-0.3, -0.25) is 4.79 Å². The van der Waals surface area contributed by atoms with Crippen LogP contribution in [0.25, 0.3) is 0 Å². The third kappa shape index (κ3) is 5.54. The number of carbonyl (C=O) groups is 1. The molecule has 1 aromatic heterocycles. The van der Waals surface area contributed by atoms with Crippen molar-refractivity contribution < 1.29 is 9.53 Å². The van der Waals surface area contributed by atoms with Crippen LogP contribution in [0.4, 0.5) is 5.82 Å². The van der Waals surface area contributed by atoms with Gasteiger partial charge >= 0.3 is 0 Å². The molecule has 0 radical (unpaired) electrons. The summed E-state index contributed by atoms with van der Waals surface area (Å²) < 4.78 is 5.14. The molecule has 0 unspecified atom stereocenters. The molecular weight excluding hydrogens is 352 g/mol. The van der Waals surface area contributed by atoms with Crippen LogP contribution in [0.3, 0.4) is 0 Å². The Morgan fingerprint density at radius 1 is 1.04 bits per heavy atom. The van der Waals surface area contributed by atoms with E-state index in [1.165, 1.54) is 11.9 Å². The van der Waals surface area contributed by atoms with Crippen molar-refractivity contribution in [1.82, 2.24) is 15.3 Å². The van der Waals surface area contributed by atoms with E-state index < -0.39 is 0 Å². The monoisotopic (exact) mass is 376 g/mol. The number of anilines is 1. The first-order valence-corrected chi connectivity index (χ1v) is 9.16. The van der Waals surface area contributed by atoms with Gasteiger partial charge in [-0.15, -0.1) is 0 Å². The molecule has 2 aromatic carbocycles. The fourth-order valence-electron chi connectivity index (χ4n) is 2.80. The van der Waals surface area contributed by atoms with Crippen LogP contribution in [0.15, 0.2) is 60.9 Å². The molecule has 0 saturated heterocycles. The molecular formula is C22H24N4O2. The number of ether oxygens (including phenoxy) is 1. The zero-order valence-corrected chi connectivity index (χ0v) is 16.1. The fourth-order valence-corrected chi connectivity index (χ4v) is 2.80. The Balaban J connectivity index is 1.51. The molecule has 0 saturated carbocycles. The summed E-state index contributed by atoms with van der Waals surface area (Å²) in [7, 11) is 1.64. The maximum atomic E-state index is 12.4. The van der Waals surface area contributed by atoms with Gasteiger partial charge in [0, 0.05) is 19.2 Å². The van der Waals surface area contributed by atoms with Crippen LogP contribution in [-0.2, 0) is 13.0 Å². The predicted octanol–water partition coefficient (Wildman–Crippen LogP) is 3.38. The number of carbonyl (C=O) groups excluding carboxylic acids is 1. The third-order valence-corrected chi connectivity index (χ3v) is 4.31. The molecule has 28 heavy (non-hydrogen) atoms. The van der Waals surface area contributed by atoms with Gasteiger partial charge in [-0.1, -0.05) is 42.0 Å². The summed E-state index contributed by atoms with van der Waals surface area (Å²) >= 11 is 0. The normalized spacial score (nSPS) is 10.4. The van der Waals surface area contributed by atoms with Crippen LogP contribution in [0.5, 0.6) is 5.75 Å². The number of nitrogens with zero attached hydrogens (tertiary/aromatic N) is 2. The van der Waals surface area contributed by atoms with Crippen LogP contribution in [0.1, 0.15) is 27.2 Å². The molecule has 6 nitrogen and oxygen atoms in total. The Labute approximate surface area is 165 Å². The van der Waals surface area contributed by atoms with E-state index in [1.54, 1.807) is 13.2 Å². The minimum absolute atomic E-state index is 0.213. The first kappa shape index (κ1) is 19.4. The van der Waals surface area contributed by atoms with E-state index >= 15 is 0 Å². The fraction of sp³-hybridized carbons (Fsp3) is 0.227. The number of aromatic nitrogens is 2. The number of hydrogen-bond donors (Lipinski definition) is 2. The number of benzene rings is 2. The maximum Gasteiger partial charge on any atom is 0.270 e. The Kier molecular flexibility index (Phi) is 6.57. The van der Waals surface area contributed by atoms with Gasteiger partial charge in [0.05, 0.1) is 7.11 Å². The summed E-state index contributed by atoms with van der Waals surface area (Å²) in [5, 5.41) is 6.13. The molecule has 0 spiro atoms. The molecule has 0 aliphatic carbocycles. The lowest BCUT2D eigenvalue weighted by atomic mass is 10.1. The Morgan fingerprint density at radius 3 is 2.61 bits per heavy atom. The average Bonchev–Trinajstić information content (AvgIpc) is 2.73. The van der Waals surface area contributed by atoms with Crippen LogP contribution >= 0.6 is 0 Å². The van der Waals surface area contributed by atoms with Gasteiger partial charge in [0.25, 0.3) is 5.91 Å². The minimum Gasteiger partial charge on any atom is -0.497 e. The number of aryl methyl sites for hydroxylation is 1. The Hall–Kier alpha value is -3.41. The second-order valence-electron chi connectivity index (χ2n) is 6.49. The van der Waals surface area contributed by atoms with Gasteiger partial charge in [0.1, 0.15) is 23.6 Å². The van der Waals surface area contributed by atoms with E-state index in [0.717, 1.165) is 23.3 Å². The van der Waals surface area contributed by atoms with Crippen molar-refractivity contribution in [2.75, 3.05) is 19.0 Å². The van der Waals surface area contributed by atoms with Crippen molar-refractivity contribution in [3.05, 3.63) is 83.3 Å². The van der Waals surface area contributed by atoms with Crippen LogP contribution in [0, 0.1) is 6.92 Å². The van der Waals surface area contributed by atoms with E-state index in [0.29, 0.717) is 24.6 Å². The lowest BCUT2D eigenvalue weighted by Crippen LogP contribution is -2.26. The summed E-state index contributed by atoms with van der Waals surface area (Å²) in [6.45, 7) is 3.22. The van der Waals surface area contributed by atoms with E-state index in [-0.39, 0.29) is 5.91 Å². The molecule has 3 rings (SSSR count). The molecule has 144 valence electrons. The third-order valence-electron chi connectivity index (χ3n) is 4.31. The highest BCUT2D eigenvalue weighted by Gasteiger charge is 2.08. The van der Waals surface area contributed by atoms with Crippen LogP contribution in [0.2, 0.25) is 0 Å². The maximum absolute atomic E-state index is 12.4. The highest BCUT2D eigenvalue weighted by atomic mass is 16.5. The molecule has 1 heterocycles. The van der Waals surface area contributed by atoms with Crippen molar-refractivity contribution in [2.45, 2.75) is 19.9 Å². The number of methoxy groups -OCH3 is 1. The Bertz CT molecular complexity index is 926. The molecule has 0 aliphatic heterocycles. The predicted molar refractivity (Wildman–Crippen MR) is 110 cm³/mol. The van der Waals surface area contributed by atoms with E-state index in [1.807, 2.05) is 36.4 Å². The number of nitrogens with one attached hydrogen (secondary N) is 2. The molecule has 3 aromatic rings. The van der Waals surface area contributed by atoms with Crippen LogP contribution < -0.4 is 15.4 Å². The first-order chi connectivity index (χ1) is 13.6. The van der Waals surface area contributed by atoms with Crippen molar-refractivity contribution in [3.8, 4) is 5.75 Å². The van der Waals surface area contributed by atoms with Crippen LogP contribution in [-0.4, -0.2) is 29.5 Å². The Morgan fingerprint density at radius 2 is 1.86 bits per heavy atom. The average molecular weight is 376 g/mol. The lowest BCUT2D eigenvalue weighted by Gasteiger charge is -2.08. The van der Waals surface area contributed by atoms with Crippen molar-refractivity contribution >= 4 is 11.7 Å². The molecule has 0 aliphatic rings. The quantitative estimate of drug-likeness (QED) is 0.630. The summed E-state index contributed by atoms with van der Waals surface area (Å²) in [6, 6.07) is 17.7. The molecule has 2 N–H and O–H groups in total. The number of hydrogen-bond acceptors (Lipinski definition) is 5. The van der Waals surface area contributed by atoms with Gasteiger partial charge in [-0.05, 0) is 36.6 Å². The topological polar surface area (TPSA) is 76.1 Å². The number of amides is 1. The van der Waals surface area contributed by atoms with Crippen molar-refractivity contribution in [2.24, 2.45) is 0 Å². The minimum atomic E-state index is -0.213. The zero-order valence-electron chi connectivity index (χ0n) is 16.1. The van der Waals surface area contributed by atoms with E-state index in [4.69, 9.17) is 4.74 Å². The summed E-state index contributed by atoms with van der Waals surface area (Å²) in [5.74, 6) is 1.23. The first-order valence-electron chi connectivity index (χ1n) is 9.16. The summed E-state index contributed by atoms with van der Waals surface area (Å²) in [4.78, 5) is 20.6. The standard InChI is InChI=1S/C22H24N4O2/c1-16-4-3-5-18(12-16)14-24-21-13-20(25-15-26-21)22(27)23-11-10-17-6-8-19(28-2)9-7-17/h3-9,12-13,15H,10-11,14H2,1-2H3,(H,23,27)(H,24,25,26). The molecule has 0 bridgehead atoms. The second-order valence-corrected chi connectivity index (χ2v) is 6.49. The molecule has 6 heteroatoms. The summed E-state index contributed by atoms with van der Waals surface area (Å²) in [6.07, 6.45) is 2.14. The zero-order chi connectivity index (χ0) is 19.8. The van der Waals surface area contributed by atoms with Gasteiger partial charge < -0.3 is 15.4 Å². The van der Waals surface area contributed by atoms with Gasteiger partial charge in [-0.2, -0.15) is 0 Å². The van der Waals surface area contributed by atoms with E-state index in [2.05, 4.69) is 39.7 Å². The molecule has 0 fully saturated rings. The SMILES string of the molecule is COc1ccc(CCNC(=O)c2cc(NCc3cccc(C)c3)ncn2)cc1. The van der Waals surface area contributed by atoms with Crippen molar-refractivity contribution in [3.63, 3.8) is 0 Å². The number of rotatable bonds is 8. The largest absolute Gasteiger partial charge is 0.497 e. The highest BCUT2D eigenvalue weighted by molar-refractivity contribution is 5.92. The highest BCUT2D eigenvalue weighted by Crippen LogP contribution is 2.12. The molecule has 1 amide bonds. The van der Waals surface area contributed by atoms with E-state index in [9.17, 15) is 4.79 Å². The molecule has 0 atom stereocenters. The van der Waals surface area contributed by atoms with Gasteiger partial charge in [-0.25, -0.2) is 9.97 Å². The van der Waals surface area contributed by atoms with Gasteiger partial charge in [0.15, 0.2) is 0 Å². The smallest absolute Gasteiger partial charge is 0.270 e. The van der Waals surface area contributed by atoms with Crippen molar-refractivity contribution in [1.29, 1.82) is 0 Å².